The van der Waals surface area contributed by atoms with E-state index >= 15 is 0 Å². The Morgan fingerprint density at radius 3 is 2.65 bits per heavy atom. The maximum atomic E-state index is 12.3. The number of carbonyl (C=O) groups is 1. The van der Waals surface area contributed by atoms with Crippen molar-refractivity contribution in [2.24, 2.45) is 4.99 Å². The molecule has 0 radical (unpaired) electrons. The number of nitrogens with zero attached hydrogens (tertiary/aromatic N) is 2. The van der Waals surface area contributed by atoms with Crippen LogP contribution in [0.25, 0.3) is 6.08 Å². The van der Waals surface area contributed by atoms with Gasteiger partial charge in [0.2, 0.25) is 5.90 Å². The summed E-state index contributed by atoms with van der Waals surface area (Å²) in [5.74, 6) is 0.00259. The topological polar surface area (TPSA) is 100 Å². The minimum absolute atomic E-state index is 0.00249. The van der Waals surface area contributed by atoms with Gasteiger partial charge in [0.05, 0.1) is 27.1 Å². The van der Waals surface area contributed by atoms with Crippen molar-refractivity contribution in [3.63, 3.8) is 0 Å². The number of hydrogen-bond acceptors (Lipinski definition) is 7. The van der Waals surface area contributed by atoms with Gasteiger partial charge >= 0.3 is 5.97 Å². The van der Waals surface area contributed by atoms with Crippen molar-refractivity contribution in [2.75, 3.05) is 13.2 Å². The lowest BCUT2D eigenvalue weighted by atomic mass is 10.1. The van der Waals surface area contributed by atoms with Crippen LogP contribution >= 0.6 is 23.2 Å². The van der Waals surface area contributed by atoms with Gasteiger partial charge in [-0.05, 0) is 36.8 Å². The van der Waals surface area contributed by atoms with Gasteiger partial charge in [-0.1, -0.05) is 35.9 Å². The molecule has 3 rings (SSSR count). The minimum Gasteiger partial charge on any atom is -0.490 e. The summed E-state index contributed by atoms with van der Waals surface area (Å²) in [6, 6.07) is 7.02. The molecule has 0 fully saturated rings. The number of cyclic esters (lactones) is 1. The van der Waals surface area contributed by atoms with E-state index < -0.39 is 10.9 Å². The Kier molecular flexibility index (Phi) is 6.94. The van der Waals surface area contributed by atoms with Crippen molar-refractivity contribution < 1.29 is 23.9 Å². The molecule has 2 aromatic rings. The highest BCUT2D eigenvalue weighted by Crippen LogP contribution is 2.38. The molecule has 1 heterocycles. The van der Waals surface area contributed by atoms with Gasteiger partial charge in [-0.3, -0.25) is 10.1 Å². The summed E-state index contributed by atoms with van der Waals surface area (Å²) in [6.07, 6.45) is 3.05. The van der Waals surface area contributed by atoms with Crippen molar-refractivity contribution >= 4 is 46.8 Å². The third-order valence-corrected chi connectivity index (χ3v) is 4.59. The Balaban J connectivity index is 1.96. The van der Waals surface area contributed by atoms with Gasteiger partial charge in [-0.15, -0.1) is 0 Å². The number of carbonyl (C=O) groups excluding carboxylic acids is 1. The number of nitro groups is 1. The number of rotatable bonds is 8. The summed E-state index contributed by atoms with van der Waals surface area (Å²) in [7, 11) is 0. The molecule has 0 amide bonds. The molecule has 0 N–H and O–H groups in total. The zero-order chi connectivity index (χ0) is 22.5. The van der Waals surface area contributed by atoms with Gasteiger partial charge in [-0.2, -0.15) is 0 Å². The molecule has 0 aliphatic carbocycles. The number of benzene rings is 2. The second-order valence-electron chi connectivity index (χ2n) is 6.12. The number of ether oxygens (including phenoxy) is 3. The van der Waals surface area contributed by atoms with Crippen LogP contribution in [0.5, 0.6) is 11.5 Å². The fraction of sp³-hybridized carbons (Fsp3) is 0.143. The van der Waals surface area contributed by atoms with Gasteiger partial charge in [0, 0.05) is 12.1 Å². The molecule has 0 spiro atoms. The SMILES string of the molecule is C=CCOc1c(Cl)cc(/C=C2\N=C(c3ccc([N+](=O)[O-])cc3Cl)OC2=O)cc1OCC. The van der Waals surface area contributed by atoms with E-state index in [1.165, 1.54) is 18.2 Å². The lowest BCUT2D eigenvalue weighted by Crippen LogP contribution is -2.06. The van der Waals surface area contributed by atoms with E-state index in [4.69, 9.17) is 37.4 Å². The number of nitro benzene ring substituents is 1. The number of hydrogen-bond donors (Lipinski definition) is 0. The molecule has 0 bridgehead atoms. The number of esters is 1. The third kappa shape index (κ3) is 5.04. The fourth-order valence-corrected chi connectivity index (χ4v) is 3.22. The van der Waals surface area contributed by atoms with Crippen LogP contribution in [-0.2, 0) is 9.53 Å². The molecule has 31 heavy (non-hydrogen) atoms. The van der Waals surface area contributed by atoms with E-state index in [-0.39, 0.29) is 39.5 Å². The largest absolute Gasteiger partial charge is 0.490 e. The van der Waals surface area contributed by atoms with E-state index in [0.29, 0.717) is 23.7 Å². The highest BCUT2D eigenvalue weighted by Gasteiger charge is 2.27. The van der Waals surface area contributed by atoms with Crippen molar-refractivity contribution in [2.45, 2.75) is 6.92 Å². The summed E-state index contributed by atoms with van der Waals surface area (Å²) >= 11 is 12.4. The summed E-state index contributed by atoms with van der Waals surface area (Å²) in [5.41, 5.74) is 0.602. The first kappa shape index (κ1) is 22.3. The minimum atomic E-state index is -0.703. The maximum Gasteiger partial charge on any atom is 0.363 e. The lowest BCUT2D eigenvalue weighted by molar-refractivity contribution is -0.384. The van der Waals surface area contributed by atoms with Gasteiger partial charge in [0.25, 0.3) is 5.69 Å². The Hall–Kier alpha value is -3.36. The molecule has 0 saturated carbocycles. The quantitative estimate of drug-likeness (QED) is 0.175. The smallest absolute Gasteiger partial charge is 0.363 e. The molecule has 8 nitrogen and oxygen atoms in total. The summed E-state index contributed by atoms with van der Waals surface area (Å²) in [5, 5.41) is 11.2. The predicted octanol–water partition coefficient (Wildman–Crippen LogP) is 5.21. The van der Waals surface area contributed by atoms with Crippen molar-refractivity contribution in [1.82, 2.24) is 0 Å². The maximum absolute atomic E-state index is 12.3. The van der Waals surface area contributed by atoms with Crippen molar-refractivity contribution in [3.05, 3.63) is 80.0 Å². The zero-order valence-electron chi connectivity index (χ0n) is 16.3. The monoisotopic (exact) mass is 462 g/mol. The average Bonchev–Trinajstić information content (AvgIpc) is 3.07. The standard InChI is InChI=1S/C21H16Cl2N2O6/c1-3-7-30-19-16(23)8-12(10-18(19)29-4-2)9-17-21(26)31-20(24-17)14-6-5-13(25(27)28)11-15(14)22/h3,5-6,8-11H,1,4,7H2,2H3/b17-9-. The Bertz CT molecular complexity index is 1130. The normalized spacial score (nSPS) is 14.2. The molecule has 1 aliphatic rings. The van der Waals surface area contributed by atoms with E-state index in [1.807, 2.05) is 6.92 Å². The molecule has 160 valence electrons. The van der Waals surface area contributed by atoms with Gasteiger partial charge in [0.1, 0.15) is 6.61 Å². The molecule has 0 atom stereocenters. The van der Waals surface area contributed by atoms with E-state index in [2.05, 4.69) is 11.6 Å². The molecule has 1 aliphatic heterocycles. The van der Waals surface area contributed by atoms with Gasteiger partial charge in [-0.25, -0.2) is 9.79 Å². The van der Waals surface area contributed by atoms with Crippen LogP contribution in [0, 0.1) is 10.1 Å². The highest BCUT2D eigenvalue weighted by molar-refractivity contribution is 6.35. The van der Waals surface area contributed by atoms with E-state index in [0.717, 1.165) is 6.07 Å². The van der Waals surface area contributed by atoms with Gasteiger partial charge < -0.3 is 14.2 Å². The molecule has 10 heteroatoms. The van der Waals surface area contributed by atoms with Crippen LogP contribution in [0.1, 0.15) is 18.1 Å². The summed E-state index contributed by atoms with van der Waals surface area (Å²) in [6.45, 7) is 6.04. The van der Waals surface area contributed by atoms with Crippen molar-refractivity contribution in [3.8, 4) is 11.5 Å². The summed E-state index contributed by atoms with van der Waals surface area (Å²) < 4.78 is 16.3. The Labute approximate surface area is 187 Å². The van der Waals surface area contributed by atoms with E-state index in [9.17, 15) is 14.9 Å². The first-order chi connectivity index (χ1) is 14.8. The highest BCUT2D eigenvalue weighted by atomic mass is 35.5. The second kappa shape index (κ2) is 9.63. The number of halogens is 2. The van der Waals surface area contributed by atoms with Crippen LogP contribution in [0.3, 0.4) is 0 Å². The molecule has 2 aromatic carbocycles. The number of non-ortho nitro benzene ring substituents is 1. The van der Waals surface area contributed by atoms with Crippen LogP contribution in [0.15, 0.2) is 53.7 Å². The Morgan fingerprint density at radius 1 is 1.23 bits per heavy atom. The molecule has 0 saturated heterocycles. The van der Waals surface area contributed by atoms with Crippen LogP contribution in [0.4, 0.5) is 5.69 Å². The molecule has 0 unspecified atom stereocenters. The first-order valence-electron chi connectivity index (χ1n) is 9.01. The molecular weight excluding hydrogens is 447 g/mol. The molecule has 0 aromatic heterocycles. The van der Waals surface area contributed by atoms with E-state index in [1.54, 1.807) is 18.2 Å². The summed E-state index contributed by atoms with van der Waals surface area (Å²) in [4.78, 5) is 26.8. The lowest BCUT2D eigenvalue weighted by Gasteiger charge is -2.13. The first-order valence-corrected chi connectivity index (χ1v) is 9.76. The van der Waals surface area contributed by atoms with Crippen LogP contribution in [0.2, 0.25) is 10.0 Å². The fourth-order valence-electron chi connectivity index (χ4n) is 2.69. The zero-order valence-corrected chi connectivity index (χ0v) is 17.8. The van der Waals surface area contributed by atoms with Crippen molar-refractivity contribution in [1.29, 1.82) is 0 Å². The van der Waals surface area contributed by atoms with Crippen LogP contribution in [-0.4, -0.2) is 30.0 Å². The predicted molar refractivity (Wildman–Crippen MR) is 117 cm³/mol. The molecular formula is C21H16Cl2N2O6. The second-order valence-corrected chi connectivity index (χ2v) is 6.93. The van der Waals surface area contributed by atoms with Crippen LogP contribution < -0.4 is 9.47 Å². The number of aliphatic imine (C=N–C) groups is 1. The third-order valence-electron chi connectivity index (χ3n) is 4.00. The Morgan fingerprint density at radius 2 is 2.00 bits per heavy atom. The van der Waals surface area contributed by atoms with Gasteiger partial charge in [0.15, 0.2) is 17.2 Å². The average molecular weight is 463 g/mol.